The molecule has 0 spiro atoms. The van der Waals surface area contributed by atoms with Crippen LogP contribution >= 0.6 is 15.9 Å². The maximum absolute atomic E-state index is 12.1. The number of nitriles is 2. The number of hydrogen-bond donors (Lipinski definition) is 0. The molecule has 0 fully saturated rings. The van der Waals surface area contributed by atoms with Crippen LogP contribution in [0.15, 0.2) is 22.8 Å². The van der Waals surface area contributed by atoms with E-state index in [0.29, 0.717) is 18.8 Å². The predicted octanol–water partition coefficient (Wildman–Crippen LogP) is 2.11. The summed E-state index contributed by atoms with van der Waals surface area (Å²) in [5.74, 6) is -0.256. The number of nitrogens with zero attached hydrogens (tertiary/aromatic N) is 4. The highest BCUT2D eigenvalue weighted by Crippen LogP contribution is 2.09. The van der Waals surface area contributed by atoms with Crippen molar-refractivity contribution in [1.82, 2.24) is 9.88 Å². The summed E-state index contributed by atoms with van der Waals surface area (Å²) in [5, 5.41) is 17.1. The molecule has 0 aliphatic heterocycles. The molecule has 0 radical (unpaired) electrons. The molecule has 0 aliphatic rings. The summed E-state index contributed by atoms with van der Waals surface area (Å²) < 4.78 is 0.791. The molecule has 1 aromatic heterocycles. The van der Waals surface area contributed by atoms with Gasteiger partial charge in [-0.05, 0) is 28.1 Å². The number of aromatic nitrogens is 1. The smallest absolute Gasteiger partial charge is 0.272 e. The van der Waals surface area contributed by atoms with Gasteiger partial charge in [0.05, 0.1) is 25.0 Å². The summed E-state index contributed by atoms with van der Waals surface area (Å²) in [6.45, 7) is 0.628. The molecule has 5 nitrogen and oxygen atoms in total. The molecular formula is C12H11BrN4O. The highest BCUT2D eigenvalue weighted by Gasteiger charge is 2.16. The number of amides is 1. The van der Waals surface area contributed by atoms with Crippen LogP contribution in [0.5, 0.6) is 0 Å². The molecule has 1 amide bonds. The second-order valence-corrected chi connectivity index (χ2v) is 4.39. The summed E-state index contributed by atoms with van der Waals surface area (Å²) in [5.41, 5.74) is 0.314. The minimum Gasteiger partial charge on any atom is -0.335 e. The largest absolute Gasteiger partial charge is 0.335 e. The molecule has 0 aliphatic carbocycles. The Hall–Kier alpha value is -1.92. The molecule has 1 rings (SSSR count). The van der Waals surface area contributed by atoms with E-state index in [2.05, 4.69) is 20.9 Å². The Balaban J connectivity index is 2.78. The van der Waals surface area contributed by atoms with Crippen LogP contribution in [0.1, 0.15) is 23.3 Å². The minimum absolute atomic E-state index is 0.244. The topological polar surface area (TPSA) is 80.8 Å². The van der Waals surface area contributed by atoms with Crippen LogP contribution in [0.2, 0.25) is 0 Å². The van der Waals surface area contributed by atoms with E-state index in [1.54, 1.807) is 18.3 Å². The fourth-order valence-corrected chi connectivity index (χ4v) is 1.58. The first kappa shape index (κ1) is 14.1. The summed E-state index contributed by atoms with van der Waals surface area (Å²) in [7, 11) is 0. The number of halogens is 1. The van der Waals surface area contributed by atoms with Crippen LogP contribution in [0.25, 0.3) is 0 Å². The Morgan fingerprint density at radius 3 is 2.33 bits per heavy atom. The van der Waals surface area contributed by atoms with Gasteiger partial charge in [-0.3, -0.25) is 4.79 Å². The number of pyridine rings is 1. The van der Waals surface area contributed by atoms with Gasteiger partial charge in [0.2, 0.25) is 0 Å². The van der Waals surface area contributed by atoms with Crippen molar-refractivity contribution in [1.29, 1.82) is 10.5 Å². The third kappa shape index (κ3) is 4.15. The Morgan fingerprint density at radius 1 is 1.28 bits per heavy atom. The average Bonchev–Trinajstić information content (AvgIpc) is 2.39. The molecule has 92 valence electrons. The van der Waals surface area contributed by atoms with Crippen LogP contribution in [0.4, 0.5) is 0 Å². The van der Waals surface area contributed by atoms with E-state index in [1.807, 2.05) is 12.1 Å². The van der Waals surface area contributed by atoms with Crippen LogP contribution < -0.4 is 0 Å². The zero-order chi connectivity index (χ0) is 13.4. The van der Waals surface area contributed by atoms with Gasteiger partial charge in [0, 0.05) is 23.8 Å². The van der Waals surface area contributed by atoms with Crippen LogP contribution in [0.3, 0.4) is 0 Å². The first-order chi connectivity index (χ1) is 8.69. The summed E-state index contributed by atoms with van der Waals surface area (Å²) in [6, 6.07) is 7.31. The van der Waals surface area contributed by atoms with Crippen molar-refractivity contribution in [3.63, 3.8) is 0 Å². The molecule has 0 atom stereocenters. The quantitative estimate of drug-likeness (QED) is 0.834. The molecule has 1 heterocycles. The van der Waals surface area contributed by atoms with Gasteiger partial charge in [0.25, 0.3) is 5.91 Å². The summed E-state index contributed by atoms with van der Waals surface area (Å²) in [6.07, 6.45) is 2.03. The zero-order valence-electron chi connectivity index (χ0n) is 9.64. The Bertz CT molecular complexity index is 468. The standard InChI is InChI=1S/C12H11BrN4O/c13-10-3-4-11(16-9-10)12(18)17(7-1-5-14)8-2-6-15/h3-4,9H,1-2,7-8H2. The lowest BCUT2D eigenvalue weighted by atomic mass is 10.2. The van der Waals surface area contributed by atoms with Crippen molar-refractivity contribution in [2.45, 2.75) is 12.8 Å². The van der Waals surface area contributed by atoms with Gasteiger partial charge >= 0.3 is 0 Å². The number of hydrogen-bond acceptors (Lipinski definition) is 4. The maximum Gasteiger partial charge on any atom is 0.272 e. The monoisotopic (exact) mass is 306 g/mol. The van der Waals surface area contributed by atoms with Gasteiger partial charge in [0.1, 0.15) is 5.69 Å². The van der Waals surface area contributed by atoms with Crippen molar-refractivity contribution >= 4 is 21.8 Å². The Morgan fingerprint density at radius 2 is 1.89 bits per heavy atom. The third-order valence-corrected chi connectivity index (χ3v) is 2.69. The van der Waals surface area contributed by atoms with E-state index in [-0.39, 0.29) is 18.7 Å². The maximum atomic E-state index is 12.1. The SMILES string of the molecule is N#CCCN(CCC#N)C(=O)c1ccc(Br)cn1. The van der Waals surface area contributed by atoms with E-state index in [1.165, 1.54) is 4.90 Å². The van der Waals surface area contributed by atoms with Crippen molar-refractivity contribution in [2.24, 2.45) is 0 Å². The normalized spacial score (nSPS) is 9.28. The molecule has 0 saturated carbocycles. The highest BCUT2D eigenvalue weighted by atomic mass is 79.9. The van der Waals surface area contributed by atoms with Crippen molar-refractivity contribution in [3.8, 4) is 12.1 Å². The van der Waals surface area contributed by atoms with Crippen LogP contribution in [-0.2, 0) is 0 Å². The summed E-state index contributed by atoms with van der Waals surface area (Å²) >= 11 is 3.24. The van der Waals surface area contributed by atoms with E-state index in [9.17, 15) is 4.79 Å². The molecule has 0 saturated heterocycles. The zero-order valence-corrected chi connectivity index (χ0v) is 11.2. The van der Waals surface area contributed by atoms with E-state index < -0.39 is 0 Å². The van der Waals surface area contributed by atoms with Gasteiger partial charge in [-0.15, -0.1) is 0 Å². The summed E-state index contributed by atoms with van der Waals surface area (Å²) in [4.78, 5) is 17.6. The van der Waals surface area contributed by atoms with E-state index >= 15 is 0 Å². The van der Waals surface area contributed by atoms with Gasteiger partial charge in [-0.1, -0.05) is 0 Å². The second kappa shape index (κ2) is 7.41. The Labute approximate surface area is 114 Å². The molecule has 18 heavy (non-hydrogen) atoms. The van der Waals surface area contributed by atoms with Gasteiger partial charge in [-0.2, -0.15) is 10.5 Å². The lowest BCUT2D eigenvalue weighted by molar-refractivity contribution is 0.0756. The number of carbonyl (C=O) groups excluding carboxylic acids is 1. The average molecular weight is 307 g/mol. The highest BCUT2D eigenvalue weighted by molar-refractivity contribution is 9.10. The van der Waals surface area contributed by atoms with Gasteiger partial charge in [0.15, 0.2) is 0 Å². The molecule has 0 N–H and O–H groups in total. The second-order valence-electron chi connectivity index (χ2n) is 3.47. The van der Waals surface area contributed by atoms with Crippen molar-refractivity contribution < 1.29 is 4.79 Å². The molecule has 0 unspecified atom stereocenters. The molecule has 6 heteroatoms. The number of carbonyl (C=O) groups is 1. The first-order valence-electron chi connectivity index (χ1n) is 5.33. The molecule has 1 aromatic rings. The van der Waals surface area contributed by atoms with E-state index in [0.717, 1.165) is 4.47 Å². The molecule has 0 aromatic carbocycles. The van der Waals surface area contributed by atoms with Crippen LogP contribution in [-0.4, -0.2) is 28.9 Å². The first-order valence-corrected chi connectivity index (χ1v) is 6.13. The lowest BCUT2D eigenvalue weighted by Crippen LogP contribution is -2.33. The molecule has 0 bridgehead atoms. The van der Waals surface area contributed by atoms with Gasteiger partial charge in [-0.25, -0.2) is 4.98 Å². The minimum atomic E-state index is -0.256. The third-order valence-electron chi connectivity index (χ3n) is 2.22. The van der Waals surface area contributed by atoms with Gasteiger partial charge < -0.3 is 4.90 Å². The lowest BCUT2D eigenvalue weighted by Gasteiger charge is -2.19. The fourth-order valence-electron chi connectivity index (χ4n) is 1.35. The molecular weight excluding hydrogens is 296 g/mol. The fraction of sp³-hybridized carbons (Fsp3) is 0.333. The number of rotatable bonds is 5. The van der Waals surface area contributed by atoms with Crippen molar-refractivity contribution in [3.05, 3.63) is 28.5 Å². The predicted molar refractivity (Wildman–Crippen MR) is 68.3 cm³/mol. The van der Waals surface area contributed by atoms with E-state index in [4.69, 9.17) is 10.5 Å². The van der Waals surface area contributed by atoms with Crippen LogP contribution in [0, 0.1) is 22.7 Å². The van der Waals surface area contributed by atoms with Crippen molar-refractivity contribution in [2.75, 3.05) is 13.1 Å². The Kier molecular flexibility index (Phi) is 5.83.